The number of fused-ring (bicyclic) bond motifs is 1. The monoisotopic (exact) mass is 267 g/mol. The first-order chi connectivity index (χ1) is 9.70. The molecule has 0 fully saturated rings. The normalized spacial score (nSPS) is 10.7. The molecule has 3 aromatic rings. The fraction of sp³-hybridized carbons (Fsp3) is 0.0625. The van der Waals surface area contributed by atoms with Crippen LogP contribution in [0.4, 0.5) is 0 Å². The molecule has 0 unspecified atom stereocenters. The van der Waals surface area contributed by atoms with E-state index in [0.717, 1.165) is 5.56 Å². The van der Waals surface area contributed by atoms with Crippen molar-refractivity contribution in [3.05, 3.63) is 58.8 Å². The zero-order valence-electron chi connectivity index (χ0n) is 10.8. The number of benzene rings is 2. The molecular weight excluding hydrogens is 256 g/mol. The van der Waals surface area contributed by atoms with Crippen molar-refractivity contribution in [1.82, 2.24) is 0 Å². The molecule has 100 valence electrons. The molecule has 0 saturated heterocycles. The number of hydrogen-bond donors (Lipinski definition) is 0. The predicted octanol–water partition coefficient (Wildman–Crippen LogP) is 2.54. The van der Waals surface area contributed by atoms with Gasteiger partial charge in [0.05, 0.1) is 12.5 Å². The van der Waals surface area contributed by atoms with E-state index in [1.807, 2.05) is 30.3 Å². The highest BCUT2D eigenvalue weighted by Crippen LogP contribution is 2.33. The van der Waals surface area contributed by atoms with Gasteiger partial charge in [0.15, 0.2) is 16.8 Å². The predicted molar refractivity (Wildman–Crippen MR) is 73.9 cm³/mol. The standard InChI is InChI=1S/C16H12O4/c1-19-16-12(17)8-7-11-13(18)9-14(20-15(11)16)10-5-3-2-4-6-10/h2-9,17H,1H3/p-1. The van der Waals surface area contributed by atoms with Gasteiger partial charge in [-0.2, -0.15) is 0 Å². The highest BCUT2D eigenvalue weighted by molar-refractivity contribution is 5.86. The number of methoxy groups -OCH3 is 1. The molecule has 0 aliphatic rings. The summed E-state index contributed by atoms with van der Waals surface area (Å²) >= 11 is 0. The van der Waals surface area contributed by atoms with Gasteiger partial charge in [-0.3, -0.25) is 4.79 Å². The largest absolute Gasteiger partial charge is 0.870 e. The molecule has 1 aromatic heterocycles. The Balaban J connectivity index is 2.36. The molecule has 0 aliphatic heterocycles. The fourth-order valence-corrected chi connectivity index (χ4v) is 2.11. The van der Waals surface area contributed by atoms with Gasteiger partial charge in [0.2, 0.25) is 0 Å². The molecule has 1 heterocycles. The molecule has 4 heteroatoms. The molecule has 2 aromatic carbocycles. The van der Waals surface area contributed by atoms with E-state index in [2.05, 4.69) is 0 Å². The summed E-state index contributed by atoms with van der Waals surface area (Å²) in [6.45, 7) is 0. The van der Waals surface area contributed by atoms with Crippen molar-refractivity contribution < 1.29 is 14.3 Å². The van der Waals surface area contributed by atoms with Crippen LogP contribution < -0.4 is 15.3 Å². The summed E-state index contributed by atoms with van der Waals surface area (Å²) in [5.74, 6) is 0.151. The molecule has 0 radical (unpaired) electrons. The van der Waals surface area contributed by atoms with E-state index in [1.54, 1.807) is 0 Å². The second kappa shape index (κ2) is 4.74. The van der Waals surface area contributed by atoms with E-state index in [4.69, 9.17) is 9.15 Å². The lowest BCUT2D eigenvalue weighted by Crippen LogP contribution is -2.03. The molecule has 0 spiro atoms. The van der Waals surface area contributed by atoms with Gasteiger partial charge < -0.3 is 14.3 Å². The zero-order chi connectivity index (χ0) is 14.1. The Morgan fingerprint density at radius 2 is 1.85 bits per heavy atom. The van der Waals surface area contributed by atoms with Crippen molar-refractivity contribution in [3.63, 3.8) is 0 Å². The molecule has 0 saturated carbocycles. The molecule has 0 aliphatic carbocycles. The first-order valence-electron chi connectivity index (χ1n) is 6.08. The molecule has 0 amide bonds. The molecule has 0 bridgehead atoms. The lowest BCUT2D eigenvalue weighted by atomic mass is 10.1. The summed E-state index contributed by atoms with van der Waals surface area (Å²) < 4.78 is 10.8. The summed E-state index contributed by atoms with van der Waals surface area (Å²) in [5, 5.41) is 12.1. The second-order valence-electron chi connectivity index (χ2n) is 4.31. The van der Waals surface area contributed by atoms with E-state index in [-0.39, 0.29) is 22.5 Å². The Hall–Kier alpha value is -2.75. The highest BCUT2D eigenvalue weighted by atomic mass is 16.5. The van der Waals surface area contributed by atoms with Gasteiger partial charge in [0, 0.05) is 11.6 Å². The van der Waals surface area contributed by atoms with Crippen LogP contribution in [-0.4, -0.2) is 7.11 Å². The van der Waals surface area contributed by atoms with Gasteiger partial charge >= 0.3 is 0 Å². The summed E-state index contributed by atoms with van der Waals surface area (Å²) in [4.78, 5) is 12.1. The average molecular weight is 267 g/mol. The van der Waals surface area contributed by atoms with Gasteiger partial charge in [-0.1, -0.05) is 42.1 Å². The lowest BCUT2D eigenvalue weighted by Gasteiger charge is -2.14. The van der Waals surface area contributed by atoms with E-state index in [9.17, 15) is 9.90 Å². The molecule has 3 rings (SSSR count). The van der Waals surface area contributed by atoms with E-state index >= 15 is 0 Å². The first kappa shape index (κ1) is 12.3. The Kier molecular flexibility index (Phi) is 2.91. The van der Waals surface area contributed by atoms with Crippen molar-refractivity contribution in [2.45, 2.75) is 0 Å². The van der Waals surface area contributed by atoms with Crippen molar-refractivity contribution in [1.29, 1.82) is 0 Å². The quantitative estimate of drug-likeness (QED) is 0.715. The topological polar surface area (TPSA) is 62.5 Å². The van der Waals surface area contributed by atoms with Crippen LogP contribution in [0.5, 0.6) is 11.5 Å². The van der Waals surface area contributed by atoms with Crippen molar-refractivity contribution in [2.75, 3.05) is 7.11 Å². The number of ether oxygens (including phenoxy) is 1. The average Bonchev–Trinajstić information content (AvgIpc) is 2.48. The van der Waals surface area contributed by atoms with Crippen LogP contribution in [0, 0.1) is 0 Å². The van der Waals surface area contributed by atoms with Crippen molar-refractivity contribution >= 4 is 11.0 Å². The Labute approximate surface area is 114 Å². The third kappa shape index (κ3) is 1.91. The van der Waals surface area contributed by atoms with Crippen LogP contribution >= 0.6 is 0 Å². The maximum Gasteiger partial charge on any atom is 0.193 e. The van der Waals surface area contributed by atoms with Crippen LogP contribution in [-0.2, 0) is 0 Å². The van der Waals surface area contributed by atoms with Crippen LogP contribution in [0.15, 0.2) is 57.7 Å². The molecule has 4 nitrogen and oxygen atoms in total. The number of hydrogen-bond acceptors (Lipinski definition) is 4. The minimum atomic E-state index is -0.312. The van der Waals surface area contributed by atoms with Crippen LogP contribution in [0.3, 0.4) is 0 Å². The van der Waals surface area contributed by atoms with E-state index < -0.39 is 0 Å². The van der Waals surface area contributed by atoms with Crippen LogP contribution in [0.25, 0.3) is 22.3 Å². The molecule has 0 N–H and O–H groups in total. The number of rotatable bonds is 2. The van der Waals surface area contributed by atoms with Gasteiger partial charge in [-0.15, -0.1) is 0 Å². The second-order valence-corrected chi connectivity index (χ2v) is 4.31. The molecule has 20 heavy (non-hydrogen) atoms. The van der Waals surface area contributed by atoms with Gasteiger partial charge in [0.1, 0.15) is 5.76 Å². The minimum absolute atomic E-state index is 0.0531. The Bertz CT molecular complexity index is 819. The van der Waals surface area contributed by atoms with E-state index in [1.165, 1.54) is 25.3 Å². The van der Waals surface area contributed by atoms with Crippen molar-refractivity contribution in [2.24, 2.45) is 0 Å². The van der Waals surface area contributed by atoms with Crippen molar-refractivity contribution in [3.8, 4) is 22.8 Å². The highest BCUT2D eigenvalue weighted by Gasteiger charge is 2.11. The summed E-state index contributed by atoms with van der Waals surface area (Å²) in [7, 11) is 1.38. The van der Waals surface area contributed by atoms with Crippen LogP contribution in [0.2, 0.25) is 0 Å². The third-order valence-electron chi connectivity index (χ3n) is 3.08. The first-order valence-corrected chi connectivity index (χ1v) is 6.08. The molecule has 0 atom stereocenters. The smallest absolute Gasteiger partial charge is 0.193 e. The van der Waals surface area contributed by atoms with E-state index in [0.29, 0.717) is 11.1 Å². The third-order valence-corrected chi connectivity index (χ3v) is 3.08. The summed E-state index contributed by atoms with van der Waals surface area (Å²) in [6, 6.07) is 13.4. The Morgan fingerprint density at radius 1 is 1.10 bits per heavy atom. The summed E-state index contributed by atoms with van der Waals surface area (Å²) in [6.07, 6.45) is 0. The van der Waals surface area contributed by atoms with Gasteiger partial charge in [-0.05, 0) is 6.07 Å². The van der Waals surface area contributed by atoms with Gasteiger partial charge in [0.25, 0.3) is 0 Å². The lowest BCUT2D eigenvalue weighted by molar-refractivity contribution is -0.269. The Morgan fingerprint density at radius 3 is 2.55 bits per heavy atom. The van der Waals surface area contributed by atoms with Gasteiger partial charge in [-0.25, -0.2) is 0 Å². The summed E-state index contributed by atoms with van der Waals surface area (Å²) in [5.41, 5.74) is 0.750. The maximum absolute atomic E-state index is 12.1. The maximum atomic E-state index is 12.1. The zero-order valence-corrected chi connectivity index (χ0v) is 10.8. The SMILES string of the molecule is COc1c([O-])ccc2c(=O)cc(-c3ccccc3)oc12. The van der Waals surface area contributed by atoms with Crippen LogP contribution in [0.1, 0.15) is 0 Å². The minimum Gasteiger partial charge on any atom is -0.870 e. The fourth-order valence-electron chi connectivity index (χ4n) is 2.11. The molecular formula is C16H11O4-.